The van der Waals surface area contributed by atoms with Crippen LogP contribution in [0.3, 0.4) is 0 Å². The molecule has 4 nitrogen and oxygen atoms in total. The van der Waals surface area contributed by atoms with Crippen LogP contribution in [-0.4, -0.2) is 17.8 Å². The minimum atomic E-state index is 0.785. The van der Waals surface area contributed by atoms with Crippen LogP contribution in [0.4, 0.5) is 5.13 Å². The standard InChI is InChI=1S/C15H19N3OS/c1-2-3-4-10-19-14-7-5-13(6-8-14)12-17-18-15-16-9-11-20-15/h5-9,11-12H,2-4,10H2,1H3,(H,16,18)/b17-12+. The van der Waals surface area contributed by atoms with Gasteiger partial charge in [0.15, 0.2) is 0 Å². The molecular formula is C15H19N3OS. The lowest BCUT2D eigenvalue weighted by Crippen LogP contribution is -1.97. The Morgan fingerprint density at radius 1 is 1.30 bits per heavy atom. The molecule has 106 valence electrons. The first-order valence-electron chi connectivity index (χ1n) is 6.80. The van der Waals surface area contributed by atoms with Crippen molar-refractivity contribution in [3.63, 3.8) is 0 Å². The fourth-order valence-electron chi connectivity index (χ4n) is 1.63. The summed E-state index contributed by atoms with van der Waals surface area (Å²) in [5, 5.41) is 6.83. The first-order valence-corrected chi connectivity index (χ1v) is 7.68. The van der Waals surface area contributed by atoms with Crippen molar-refractivity contribution < 1.29 is 4.74 Å². The normalized spacial score (nSPS) is 10.8. The number of rotatable bonds is 8. The fourth-order valence-corrected chi connectivity index (χ4v) is 2.11. The zero-order valence-corrected chi connectivity index (χ0v) is 12.4. The van der Waals surface area contributed by atoms with Gasteiger partial charge in [-0.15, -0.1) is 11.3 Å². The van der Waals surface area contributed by atoms with Gasteiger partial charge in [-0.2, -0.15) is 5.10 Å². The Labute approximate surface area is 123 Å². The molecule has 0 aliphatic carbocycles. The molecule has 0 saturated carbocycles. The number of benzene rings is 1. The molecule has 0 aliphatic heterocycles. The van der Waals surface area contributed by atoms with Crippen LogP contribution >= 0.6 is 11.3 Å². The molecule has 0 aliphatic rings. The number of nitrogens with zero attached hydrogens (tertiary/aromatic N) is 2. The van der Waals surface area contributed by atoms with E-state index in [1.807, 2.05) is 29.6 Å². The number of hydrogen-bond acceptors (Lipinski definition) is 5. The van der Waals surface area contributed by atoms with Gasteiger partial charge in [0.05, 0.1) is 12.8 Å². The molecule has 0 saturated heterocycles. The number of hydrogen-bond donors (Lipinski definition) is 1. The van der Waals surface area contributed by atoms with Crippen LogP contribution in [0.15, 0.2) is 40.9 Å². The van der Waals surface area contributed by atoms with E-state index in [1.165, 1.54) is 24.2 Å². The lowest BCUT2D eigenvalue weighted by molar-refractivity contribution is 0.306. The average molecular weight is 289 g/mol. The zero-order valence-electron chi connectivity index (χ0n) is 11.6. The molecule has 0 atom stereocenters. The van der Waals surface area contributed by atoms with Gasteiger partial charge in [-0.05, 0) is 36.2 Å². The Morgan fingerprint density at radius 3 is 2.85 bits per heavy atom. The highest BCUT2D eigenvalue weighted by atomic mass is 32.1. The number of thiazole rings is 1. The molecule has 1 aromatic carbocycles. The van der Waals surface area contributed by atoms with E-state index in [2.05, 4.69) is 22.4 Å². The summed E-state index contributed by atoms with van der Waals surface area (Å²) in [5.41, 5.74) is 3.90. The van der Waals surface area contributed by atoms with Crippen molar-refractivity contribution in [2.75, 3.05) is 12.0 Å². The number of nitrogens with one attached hydrogen (secondary N) is 1. The zero-order chi connectivity index (χ0) is 14.0. The van der Waals surface area contributed by atoms with Crippen molar-refractivity contribution in [1.29, 1.82) is 0 Å². The Morgan fingerprint density at radius 2 is 2.15 bits per heavy atom. The first kappa shape index (κ1) is 14.5. The molecule has 0 radical (unpaired) electrons. The van der Waals surface area contributed by atoms with E-state index in [0.717, 1.165) is 29.5 Å². The Bertz CT molecular complexity index is 508. The molecule has 2 aromatic rings. The molecule has 0 fully saturated rings. The molecule has 2 rings (SSSR count). The number of anilines is 1. The van der Waals surface area contributed by atoms with Gasteiger partial charge in [0.1, 0.15) is 5.75 Å². The van der Waals surface area contributed by atoms with Crippen LogP contribution < -0.4 is 10.2 Å². The number of hydrazone groups is 1. The minimum Gasteiger partial charge on any atom is -0.494 e. The molecule has 0 unspecified atom stereocenters. The van der Waals surface area contributed by atoms with Gasteiger partial charge in [-0.3, -0.25) is 5.43 Å². The van der Waals surface area contributed by atoms with Gasteiger partial charge in [0.2, 0.25) is 5.13 Å². The summed E-state index contributed by atoms with van der Waals surface area (Å²) in [6.07, 6.45) is 7.05. The summed E-state index contributed by atoms with van der Waals surface area (Å²) in [7, 11) is 0. The van der Waals surface area contributed by atoms with Gasteiger partial charge in [-0.1, -0.05) is 19.8 Å². The third kappa shape index (κ3) is 5.01. The Balaban J connectivity index is 1.77. The maximum Gasteiger partial charge on any atom is 0.203 e. The lowest BCUT2D eigenvalue weighted by atomic mass is 10.2. The topological polar surface area (TPSA) is 46.5 Å². The third-order valence-corrected chi connectivity index (χ3v) is 3.38. The van der Waals surface area contributed by atoms with E-state index < -0.39 is 0 Å². The van der Waals surface area contributed by atoms with Crippen LogP contribution in [0.1, 0.15) is 31.7 Å². The quantitative estimate of drug-likeness (QED) is 0.451. The maximum atomic E-state index is 5.66. The lowest BCUT2D eigenvalue weighted by Gasteiger charge is -2.05. The van der Waals surface area contributed by atoms with Gasteiger partial charge < -0.3 is 4.74 Å². The van der Waals surface area contributed by atoms with Crippen molar-refractivity contribution in [3.05, 3.63) is 41.4 Å². The second-order valence-electron chi connectivity index (χ2n) is 4.33. The van der Waals surface area contributed by atoms with Crippen LogP contribution in [0.5, 0.6) is 5.75 Å². The van der Waals surface area contributed by atoms with Crippen molar-refractivity contribution in [2.24, 2.45) is 5.10 Å². The second-order valence-corrected chi connectivity index (χ2v) is 5.23. The highest BCUT2D eigenvalue weighted by Gasteiger charge is 1.94. The predicted molar refractivity (Wildman–Crippen MR) is 84.8 cm³/mol. The summed E-state index contributed by atoms with van der Waals surface area (Å²) >= 11 is 1.52. The summed E-state index contributed by atoms with van der Waals surface area (Å²) < 4.78 is 5.66. The predicted octanol–water partition coefficient (Wildman–Crippen LogP) is 4.16. The molecule has 1 aromatic heterocycles. The van der Waals surface area contributed by atoms with Gasteiger partial charge >= 0.3 is 0 Å². The van der Waals surface area contributed by atoms with E-state index >= 15 is 0 Å². The van der Waals surface area contributed by atoms with Crippen LogP contribution in [-0.2, 0) is 0 Å². The van der Waals surface area contributed by atoms with E-state index in [9.17, 15) is 0 Å². The average Bonchev–Trinajstić information content (AvgIpc) is 2.98. The molecule has 5 heteroatoms. The second kappa shape index (κ2) is 8.32. The number of aromatic nitrogens is 1. The number of ether oxygens (including phenoxy) is 1. The van der Waals surface area contributed by atoms with Crippen LogP contribution in [0.2, 0.25) is 0 Å². The van der Waals surface area contributed by atoms with Gasteiger partial charge in [0, 0.05) is 11.6 Å². The van der Waals surface area contributed by atoms with E-state index in [1.54, 1.807) is 12.4 Å². The van der Waals surface area contributed by atoms with Crippen LogP contribution in [0.25, 0.3) is 0 Å². The molecule has 0 spiro atoms. The fraction of sp³-hybridized carbons (Fsp3) is 0.333. The SMILES string of the molecule is CCCCCOc1ccc(/C=N/Nc2nccs2)cc1. The molecule has 1 N–H and O–H groups in total. The van der Waals surface area contributed by atoms with E-state index in [4.69, 9.17) is 4.74 Å². The highest BCUT2D eigenvalue weighted by molar-refractivity contribution is 7.13. The molecule has 0 bridgehead atoms. The smallest absolute Gasteiger partial charge is 0.203 e. The number of unbranched alkanes of at least 4 members (excludes halogenated alkanes) is 2. The summed E-state index contributed by atoms with van der Waals surface area (Å²) in [6, 6.07) is 7.91. The first-order chi connectivity index (χ1) is 9.88. The molecule has 20 heavy (non-hydrogen) atoms. The van der Waals surface area contributed by atoms with Crippen molar-refractivity contribution >= 4 is 22.7 Å². The van der Waals surface area contributed by atoms with Crippen molar-refractivity contribution in [1.82, 2.24) is 4.98 Å². The van der Waals surface area contributed by atoms with Crippen molar-refractivity contribution in [2.45, 2.75) is 26.2 Å². The van der Waals surface area contributed by atoms with Crippen molar-refractivity contribution in [3.8, 4) is 5.75 Å². The summed E-state index contributed by atoms with van der Waals surface area (Å²) in [5.74, 6) is 0.908. The third-order valence-electron chi connectivity index (χ3n) is 2.70. The molecule has 1 heterocycles. The Kier molecular flexibility index (Phi) is 6.05. The maximum absolute atomic E-state index is 5.66. The monoisotopic (exact) mass is 289 g/mol. The minimum absolute atomic E-state index is 0.785. The van der Waals surface area contributed by atoms with E-state index in [-0.39, 0.29) is 0 Å². The Hall–Kier alpha value is -1.88. The summed E-state index contributed by atoms with van der Waals surface area (Å²) in [6.45, 7) is 2.97. The summed E-state index contributed by atoms with van der Waals surface area (Å²) in [4.78, 5) is 4.08. The van der Waals surface area contributed by atoms with Gasteiger partial charge in [0.25, 0.3) is 0 Å². The van der Waals surface area contributed by atoms with Gasteiger partial charge in [-0.25, -0.2) is 4.98 Å². The molecule has 0 amide bonds. The van der Waals surface area contributed by atoms with E-state index in [0.29, 0.717) is 0 Å². The highest BCUT2D eigenvalue weighted by Crippen LogP contribution is 2.13. The largest absolute Gasteiger partial charge is 0.494 e. The molecular weight excluding hydrogens is 270 g/mol. The van der Waals surface area contributed by atoms with Crippen LogP contribution in [0, 0.1) is 0 Å².